The molecule has 1 aliphatic carbocycles. The van der Waals surface area contributed by atoms with Gasteiger partial charge in [0.15, 0.2) is 5.69 Å². The van der Waals surface area contributed by atoms with E-state index in [1.54, 1.807) is 0 Å². The van der Waals surface area contributed by atoms with E-state index < -0.39 is 0 Å². The minimum absolute atomic E-state index is 0.127. The molecule has 0 radical (unpaired) electrons. The molecule has 0 aliphatic heterocycles. The molecule has 0 amide bonds. The highest BCUT2D eigenvalue weighted by Crippen LogP contribution is 2.52. The Morgan fingerprint density at radius 2 is 1.25 bits per heavy atom. The van der Waals surface area contributed by atoms with Gasteiger partial charge >= 0.3 is 0 Å². The molecule has 0 unspecified atom stereocenters. The number of aromatic nitrogens is 1. The first kappa shape index (κ1) is 29.3. The Hall–Kier alpha value is -6.63. The number of hydrogen-bond acceptors (Lipinski definition) is 1. The van der Waals surface area contributed by atoms with E-state index >= 15 is 0 Å². The van der Waals surface area contributed by atoms with Crippen LogP contribution in [0.4, 0.5) is 22.7 Å². The number of fused-ring (bicyclic) bond motifs is 3. The monoisotopic (exact) mass is 651 g/mol. The Morgan fingerprint density at radius 1 is 0.549 bits per heavy atom. The molecule has 10 rings (SSSR count). The van der Waals surface area contributed by atoms with Crippen molar-refractivity contribution in [2.24, 2.45) is 0 Å². The van der Waals surface area contributed by atoms with Crippen molar-refractivity contribution in [2.45, 2.75) is 19.3 Å². The van der Waals surface area contributed by atoms with Gasteiger partial charge in [-0.25, -0.2) is 4.85 Å². The summed E-state index contributed by atoms with van der Waals surface area (Å²) in [7, 11) is 0. The molecular weight excluding hydrogens is 619 g/mol. The van der Waals surface area contributed by atoms with Crippen LogP contribution in [0.5, 0.6) is 0 Å². The van der Waals surface area contributed by atoms with Crippen molar-refractivity contribution in [1.82, 2.24) is 4.57 Å². The average Bonchev–Trinajstić information content (AvgIpc) is 3.64. The predicted molar refractivity (Wildman–Crippen MR) is 213 cm³/mol. The van der Waals surface area contributed by atoms with Gasteiger partial charge in [-0.2, -0.15) is 0 Å². The second-order valence-corrected chi connectivity index (χ2v) is 14.1. The number of benzene rings is 8. The maximum absolute atomic E-state index is 7.61. The minimum atomic E-state index is -0.127. The Labute approximate surface area is 297 Å². The maximum atomic E-state index is 7.61. The molecule has 3 nitrogen and oxygen atoms in total. The summed E-state index contributed by atoms with van der Waals surface area (Å²) < 4.78 is 2.41. The third kappa shape index (κ3) is 4.30. The summed E-state index contributed by atoms with van der Waals surface area (Å²) >= 11 is 0. The van der Waals surface area contributed by atoms with E-state index in [4.69, 9.17) is 6.57 Å². The van der Waals surface area contributed by atoms with Crippen LogP contribution in [0.2, 0.25) is 0 Å². The standard InChI is InChI=1S/C48H33N3/c1-48(2)41-14-8-7-13-38(41)39-27-25-37(30-42(39)48)50(35-23-19-34(49-3)20-24-35)43-28-29-45-47-40(43)26-18-33-12-9-15-44(46(33)47)51(45)36-21-16-32(17-22-36)31-10-5-4-6-11-31/h4-30H,1-2H3. The van der Waals surface area contributed by atoms with Gasteiger partial charge in [-0.15, -0.1) is 0 Å². The summed E-state index contributed by atoms with van der Waals surface area (Å²) in [6, 6.07) is 58.9. The third-order valence-corrected chi connectivity index (χ3v) is 11.0. The van der Waals surface area contributed by atoms with Crippen molar-refractivity contribution >= 4 is 55.3 Å². The fourth-order valence-corrected chi connectivity index (χ4v) is 8.51. The maximum Gasteiger partial charge on any atom is 0.187 e. The highest BCUT2D eigenvalue weighted by molar-refractivity contribution is 6.27. The van der Waals surface area contributed by atoms with Crippen LogP contribution in [-0.4, -0.2) is 4.57 Å². The van der Waals surface area contributed by atoms with Gasteiger partial charge in [0.05, 0.1) is 23.3 Å². The van der Waals surface area contributed by atoms with Gasteiger partial charge in [-0.1, -0.05) is 123 Å². The lowest BCUT2D eigenvalue weighted by Crippen LogP contribution is -2.16. The molecule has 1 heterocycles. The summed E-state index contributed by atoms with van der Waals surface area (Å²) in [5, 5.41) is 4.94. The van der Waals surface area contributed by atoms with Gasteiger partial charge in [0.1, 0.15) is 0 Å². The molecule has 3 heteroatoms. The number of rotatable bonds is 5. The summed E-state index contributed by atoms with van der Waals surface area (Å²) in [4.78, 5) is 6.07. The molecule has 0 fully saturated rings. The second-order valence-electron chi connectivity index (χ2n) is 14.1. The van der Waals surface area contributed by atoms with Crippen molar-refractivity contribution in [2.75, 3.05) is 4.90 Å². The Morgan fingerprint density at radius 3 is 2.06 bits per heavy atom. The molecule has 0 N–H and O–H groups in total. The zero-order valence-corrected chi connectivity index (χ0v) is 28.4. The highest BCUT2D eigenvalue weighted by atomic mass is 15.1. The minimum Gasteiger partial charge on any atom is -0.310 e. The zero-order chi connectivity index (χ0) is 34.3. The number of nitrogens with zero attached hydrogens (tertiary/aromatic N) is 3. The van der Waals surface area contributed by atoms with Crippen LogP contribution in [0, 0.1) is 6.57 Å². The smallest absolute Gasteiger partial charge is 0.187 e. The molecule has 0 atom stereocenters. The molecule has 0 bridgehead atoms. The molecule has 1 aliphatic rings. The van der Waals surface area contributed by atoms with E-state index in [-0.39, 0.29) is 5.41 Å². The van der Waals surface area contributed by atoms with E-state index in [1.807, 2.05) is 12.1 Å². The molecule has 9 aromatic rings. The second kappa shape index (κ2) is 10.9. The fourth-order valence-electron chi connectivity index (χ4n) is 8.51. The predicted octanol–water partition coefficient (Wildman–Crippen LogP) is 13.4. The van der Waals surface area contributed by atoms with Crippen LogP contribution in [0.15, 0.2) is 164 Å². The van der Waals surface area contributed by atoms with Crippen molar-refractivity contribution in [3.63, 3.8) is 0 Å². The van der Waals surface area contributed by atoms with E-state index in [0.717, 1.165) is 22.7 Å². The van der Waals surface area contributed by atoms with Crippen molar-refractivity contribution in [3.05, 3.63) is 186 Å². The molecule has 0 spiro atoms. The van der Waals surface area contributed by atoms with Crippen LogP contribution in [-0.2, 0) is 5.41 Å². The first-order chi connectivity index (χ1) is 25.0. The molecule has 1 aromatic heterocycles. The van der Waals surface area contributed by atoms with E-state index in [0.29, 0.717) is 5.69 Å². The van der Waals surface area contributed by atoms with Gasteiger partial charge in [-0.05, 0) is 93.4 Å². The van der Waals surface area contributed by atoms with Gasteiger partial charge in [0.25, 0.3) is 0 Å². The van der Waals surface area contributed by atoms with Gasteiger partial charge in [0, 0.05) is 38.6 Å². The zero-order valence-electron chi connectivity index (χ0n) is 28.4. The Balaban J connectivity index is 1.20. The van der Waals surface area contributed by atoms with E-state index in [9.17, 15) is 0 Å². The van der Waals surface area contributed by atoms with Gasteiger partial charge in [-0.3, -0.25) is 0 Å². The van der Waals surface area contributed by atoms with Gasteiger partial charge in [0.2, 0.25) is 0 Å². The first-order valence-corrected chi connectivity index (χ1v) is 17.5. The summed E-state index contributed by atoms with van der Waals surface area (Å²) in [6.45, 7) is 12.3. The molecular formula is C48H33N3. The van der Waals surface area contributed by atoms with Crippen LogP contribution in [0.25, 0.3) is 65.4 Å². The SMILES string of the molecule is [C-]#[N+]c1ccc(N(c2ccc3c(c2)C(C)(C)c2ccccc2-3)c2ccc3c4c2ccc2cccc(c24)n3-c2ccc(-c3ccccc3)cc2)cc1. The van der Waals surface area contributed by atoms with Crippen LogP contribution in [0.1, 0.15) is 25.0 Å². The van der Waals surface area contributed by atoms with Crippen LogP contribution >= 0.6 is 0 Å². The summed E-state index contributed by atoms with van der Waals surface area (Å²) in [6.07, 6.45) is 0. The topological polar surface area (TPSA) is 12.5 Å². The van der Waals surface area contributed by atoms with E-state index in [1.165, 1.54) is 66.0 Å². The normalized spacial score (nSPS) is 13.0. The van der Waals surface area contributed by atoms with Crippen molar-refractivity contribution in [1.29, 1.82) is 0 Å². The average molecular weight is 652 g/mol. The van der Waals surface area contributed by atoms with Crippen LogP contribution in [0.3, 0.4) is 0 Å². The lowest BCUT2D eigenvalue weighted by atomic mass is 9.82. The molecule has 0 saturated carbocycles. The molecule has 0 saturated heterocycles. The highest BCUT2D eigenvalue weighted by Gasteiger charge is 2.36. The first-order valence-electron chi connectivity index (χ1n) is 17.5. The van der Waals surface area contributed by atoms with Gasteiger partial charge < -0.3 is 9.47 Å². The fraction of sp³-hybridized carbons (Fsp3) is 0.0625. The molecule has 8 aromatic carbocycles. The van der Waals surface area contributed by atoms with Crippen molar-refractivity contribution in [3.8, 4) is 27.9 Å². The Bertz CT molecular complexity index is 2820. The largest absolute Gasteiger partial charge is 0.310 e. The summed E-state index contributed by atoms with van der Waals surface area (Å²) in [5.41, 5.74) is 15.0. The van der Waals surface area contributed by atoms with Crippen molar-refractivity contribution < 1.29 is 0 Å². The molecule has 240 valence electrons. The lowest BCUT2D eigenvalue weighted by molar-refractivity contribution is 0.660. The quantitative estimate of drug-likeness (QED) is 0.133. The number of anilines is 3. The number of hydrogen-bond donors (Lipinski definition) is 0. The lowest BCUT2D eigenvalue weighted by Gasteiger charge is -2.29. The molecule has 51 heavy (non-hydrogen) atoms. The third-order valence-electron chi connectivity index (χ3n) is 11.0. The summed E-state index contributed by atoms with van der Waals surface area (Å²) in [5.74, 6) is 0. The Kier molecular flexibility index (Phi) is 6.28. The van der Waals surface area contributed by atoms with Crippen LogP contribution < -0.4 is 4.90 Å². The van der Waals surface area contributed by atoms with E-state index in [2.05, 4.69) is 180 Å².